The molecule has 4 N–H and O–H groups in total. The molecule has 3 aromatic carbocycles. The number of aliphatic hydroxyl groups excluding tert-OH is 1. The topological polar surface area (TPSA) is 145 Å². The lowest BCUT2D eigenvalue weighted by atomic mass is 9.76. The minimum absolute atomic E-state index is 0.0566. The quantitative estimate of drug-likeness (QED) is 0.170. The summed E-state index contributed by atoms with van der Waals surface area (Å²) in [7, 11) is -3.60. The Labute approximate surface area is 278 Å². The van der Waals surface area contributed by atoms with Crippen LogP contribution in [-0.2, 0) is 32.7 Å². The summed E-state index contributed by atoms with van der Waals surface area (Å²) < 4.78 is 27.5. The predicted octanol–water partition coefficient (Wildman–Crippen LogP) is 4.63. The summed E-state index contributed by atoms with van der Waals surface area (Å²) >= 11 is 13.0. The summed E-state index contributed by atoms with van der Waals surface area (Å²) in [6.45, 7) is 0.0566. The minimum atomic E-state index is -3.60. The number of halogens is 2. The Morgan fingerprint density at radius 1 is 1.00 bits per heavy atom. The first-order valence-electron chi connectivity index (χ1n) is 15.1. The van der Waals surface area contributed by atoms with E-state index >= 15 is 0 Å². The zero-order valence-electron chi connectivity index (χ0n) is 25.2. The largest absolute Gasteiger partial charge is 0.368 e. The van der Waals surface area contributed by atoms with Crippen LogP contribution in [0.1, 0.15) is 76.7 Å². The molecule has 5 rings (SSSR count). The first-order valence-corrected chi connectivity index (χ1v) is 17.8. The molecule has 3 aromatic rings. The fraction of sp³-hybridized carbons (Fsp3) is 0.394. The van der Waals surface area contributed by atoms with Crippen LogP contribution in [0.2, 0.25) is 10.0 Å². The van der Waals surface area contributed by atoms with Crippen LogP contribution in [0.4, 0.5) is 0 Å². The van der Waals surface area contributed by atoms with Gasteiger partial charge in [-0.25, -0.2) is 18.6 Å². The normalized spacial score (nSPS) is 21.7. The number of carbonyl (C=O) groups is 2. The molecular weight excluding hydrogens is 653 g/mol. The van der Waals surface area contributed by atoms with Crippen LogP contribution >= 0.6 is 23.2 Å². The molecule has 0 spiro atoms. The smallest absolute Gasteiger partial charge is 0.255 e. The van der Waals surface area contributed by atoms with Crippen molar-refractivity contribution in [3.8, 4) is 0 Å². The molecular formula is C33H37Cl2N3O7S. The van der Waals surface area contributed by atoms with Crippen LogP contribution in [0.3, 0.4) is 0 Å². The number of amides is 2. The number of rotatable bonds is 11. The third-order valence-corrected chi connectivity index (χ3v) is 9.81. The van der Waals surface area contributed by atoms with E-state index in [9.17, 15) is 18.0 Å². The molecule has 1 aliphatic heterocycles. The Kier molecular flexibility index (Phi) is 11.0. The summed E-state index contributed by atoms with van der Waals surface area (Å²) in [6, 6.07) is 17.2. The van der Waals surface area contributed by atoms with Gasteiger partial charge in [0, 0.05) is 34.1 Å². The fourth-order valence-corrected chi connectivity index (χ4v) is 7.83. The van der Waals surface area contributed by atoms with Crippen LogP contribution in [-0.4, -0.2) is 60.0 Å². The van der Waals surface area contributed by atoms with Gasteiger partial charge in [0.1, 0.15) is 0 Å². The van der Waals surface area contributed by atoms with E-state index in [1.807, 2.05) is 24.3 Å². The maximum Gasteiger partial charge on any atom is 0.255 e. The lowest BCUT2D eigenvalue weighted by Gasteiger charge is -2.49. The SMILES string of the molecule is CS(=O)(=O)N[C@H]1CCCCC1N1C(=O)c2ccccc2[C@@H](C(=O)NOCc2ccc(CCC(O)O)cc2)[C@@H]1c1ccc(Cl)cc1Cl. The molecule has 0 saturated heterocycles. The number of aliphatic hydroxyl groups is 2. The molecule has 4 atom stereocenters. The second-order valence-corrected chi connectivity index (χ2v) is 14.5. The summed E-state index contributed by atoms with van der Waals surface area (Å²) in [5.74, 6) is -1.78. The number of nitrogens with zero attached hydrogens (tertiary/aromatic N) is 1. The average molecular weight is 691 g/mol. The van der Waals surface area contributed by atoms with Gasteiger partial charge in [0.15, 0.2) is 6.29 Å². The number of fused-ring (bicyclic) bond motifs is 1. The van der Waals surface area contributed by atoms with Crippen LogP contribution < -0.4 is 10.2 Å². The van der Waals surface area contributed by atoms with E-state index in [1.54, 1.807) is 47.4 Å². The van der Waals surface area contributed by atoms with Crippen molar-refractivity contribution in [2.75, 3.05) is 6.26 Å². The van der Waals surface area contributed by atoms with Crippen molar-refractivity contribution in [3.63, 3.8) is 0 Å². The Bertz CT molecular complexity index is 1670. The summed E-state index contributed by atoms with van der Waals surface area (Å²) in [6.07, 6.45) is 3.07. The van der Waals surface area contributed by atoms with Crippen LogP contribution in [0, 0.1) is 0 Å². The molecule has 1 unspecified atom stereocenters. The van der Waals surface area contributed by atoms with Gasteiger partial charge in [-0.05, 0) is 59.7 Å². The fourth-order valence-electron chi connectivity index (χ4n) is 6.48. The zero-order valence-corrected chi connectivity index (χ0v) is 27.6. The third kappa shape index (κ3) is 8.09. The van der Waals surface area contributed by atoms with Gasteiger partial charge in [-0.3, -0.25) is 14.4 Å². The van der Waals surface area contributed by atoms with Crippen molar-refractivity contribution in [1.82, 2.24) is 15.1 Å². The van der Waals surface area contributed by atoms with Crippen LogP contribution in [0.5, 0.6) is 0 Å². The summed E-state index contributed by atoms with van der Waals surface area (Å²) in [5.41, 5.74) is 5.65. The van der Waals surface area contributed by atoms with Gasteiger partial charge < -0.3 is 15.1 Å². The lowest BCUT2D eigenvalue weighted by molar-refractivity contribution is -0.138. The van der Waals surface area contributed by atoms with E-state index < -0.39 is 46.3 Å². The molecule has 0 radical (unpaired) electrons. The predicted molar refractivity (Wildman–Crippen MR) is 174 cm³/mol. The number of hydroxylamine groups is 1. The van der Waals surface area contributed by atoms with Gasteiger partial charge in [0.2, 0.25) is 10.0 Å². The van der Waals surface area contributed by atoms with E-state index in [4.69, 9.17) is 38.3 Å². The molecule has 13 heteroatoms. The van der Waals surface area contributed by atoms with Gasteiger partial charge in [0.25, 0.3) is 11.8 Å². The highest BCUT2D eigenvalue weighted by Gasteiger charge is 2.49. The molecule has 1 fully saturated rings. The van der Waals surface area contributed by atoms with Gasteiger partial charge >= 0.3 is 0 Å². The third-order valence-electron chi connectivity index (χ3n) is 8.52. The average Bonchev–Trinajstić information content (AvgIpc) is 3.00. The molecule has 1 aliphatic carbocycles. The standard InChI is InChI=1S/C33H37Cl2N3O7S/c1-46(43,44)37-27-8-4-5-9-28(27)38-31(25-16-15-22(34)18-26(25)35)30(23-6-2-3-7-24(23)33(38)42)32(41)36-45-19-21-12-10-20(11-13-21)14-17-29(39)40/h2-3,6-7,10-13,15-16,18,27-31,37,39-40H,4-5,8-9,14,17,19H2,1H3,(H,36,41)/t27-,28?,30+,31-/m0/s1. The number of aryl methyl sites for hydroxylation is 1. The second-order valence-electron chi connectivity index (χ2n) is 11.8. The number of benzene rings is 3. The van der Waals surface area contributed by atoms with Crippen LogP contribution in [0.25, 0.3) is 0 Å². The maximum atomic E-state index is 14.4. The Morgan fingerprint density at radius 3 is 2.39 bits per heavy atom. The van der Waals surface area contributed by atoms with Crippen molar-refractivity contribution < 1.29 is 33.1 Å². The highest BCUT2D eigenvalue weighted by Crippen LogP contribution is 2.47. The van der Waals surface area contributed by atoms with E-state index in [0.29, 0.717) is 41.0 Å². The number of hydrogen-bond acceptors (Lipinski definition) is 7. The molecule has 2 aliphatic rings. The number of nitrogens with one attached hydrogen (secondary N) is 2. The van der Waals surface area contributed by atoms with Crippen molar-refractivity contribution in [2.24, 2.45) is 0 Å². The monoisotopic (exact) mass is 689 g/mol. The minimum Gasteiger partial charge on any atom is -0.368 e. The molecule has 10 nitrogen and oxygen atoms in total. The Balaban J connectivity index is 1.49. The highest BCUT2D eigenvalue weighted by atomic mass is 35.5. The molecule has 1 heterocycles. The number of sulfonamides is 1. The Hall–Kier alpha value is -3.03. The van der Waals surface area contributed by atoms with Crippen molar-refractivity contribution in [3.05, 3.63) is 105 Å². The summed E-state index contributed by atoms with van der Waals surface area (Å²) in [4.78, 5) is 35.8. The first-order chi connectivity index (χ1) is 21.9. The van der Waals surface area contributed by atoms with E-state index in [0.717, 1.165) is 30.2 Å². The molecule has 0 aromatic heterocycles. The van der Waals surface area contributed by atoms with Crippen molar-refractivity contribution >= 4 is 45.0 Å². The molecule has 2 amide bonds. The molecule has 246 valence electrons. The van der Waals surface area contributed by atoms with Gasteiger partial charge in [-0.15, -0.1) is 0 Å². The van der Waals surface area contributed by atoms with Gasteiger partial charge in [-0.1, -0.05) is 84.6 Å². The van der Waals surface area contributed by atoms with Crippen LogP contribution in [0.15, 0.2) is 66.7 Å². The second kappa shape index (κ2) is 14.8. The van der Waals surface area contributed by atoms with Gasteiger partial charge in [-0.2, -0.15) is 0 Å². The zero-order chi connectivity index (χ0) is 33.0. The molecule has 0 bridgehead atoms. The van der Waals surface area contributed by atoms with E-state index in [2.05, 4.69) is 10.2 Å². The first kappa shape index (κ1) is 34.3. The van der Waals surface area contributed by atoms with Gasteiger partial charge in [0.05, 0.1) is 24.8 Å². The molecule has 46 heavy (non-hydrogen) atoms. The molecule has 1 saturated carbocycles. The maximum absolute atomic E-state index is 14.4. The van der Waals surface area contributed by atoms with E-state index in [-0.39, 0.29) is 24.0 Å². The number of hydrogen-bond donors (Lipinski definition) is 4. The van der Waals surface area contributed by atoms with Crippen molar-refractivity contribution in [1.29, 1.82) is 0 Å². The highest BCUT2D eigenvalue weighted by molar-refractivity contribution is 7.88. The number of carbonyl (C=O) groups excluding carboxylic acids is 2. The Morgan fingerprint density at radius 2 is 1.70 bits per heavy atom. The summed E-state index contributed by atoms with van der Waals surface area (Å²) in [5, 5.41) is 18.9. The van der Waals surface area contributed by atoms with E-state index in [1.165, 1.54) is 0 Å². The van der Waals surface area contributed by atoms with Crippen molar-refractivity contribution in [2.45, 2.75) is 75.5 Å². The lowest BCUT2D eigenvalue weighted by Crippen LogP contribution is -2.59.